The van der Waals surface area contributed by atoms with Crippen LogP contribution in [0.4, 0.5) is 17.1 Å². The van der Waals surface area contributed by atoms with Crippen molar-refractivity contribution < 1.29 is 0 Å². The first kappa shape index (κ1) is 21.2. The molecule has 37 heavy (non-hydrogen) atoms. The van der Waals surface area contributed by atoms with Crippen molar-refractivity contribution in [2.45, 2.75) is 29.7 Å². The van der Waals surface area contributed by atoms with Gasteiger partial charge in [0.2, 0.25) is 0 Å². The minimum Gasteiger partial charge on any atom is -0.377 e. The van der Waals surface area contributed by atoms with Gasteiger partial charge >= 0.3 is 0 Å². The van der Waals surface area contributed by atoms with Gasteiger partial charge in [-0.1, -0.05) is 84.6 Å². The number of fused-ring (bicyclic) bond motifs is 5. The molecule has 0 bridgehead atoms. The highest BCUT2D eigenvalue weighted by Crippen LogP contribution is 2.51. The average Bonchev–Trinajstić information content (AvgIpc) is 3.34. The molecule has 2 nitrogen and oxygen atoms in total. The zero-order valence-corrected chi connectivity index (χ0v) is 21.2. The van der Waals surface area contributed by atoms with E-state index in [1.807, 2.05) is 11.8 Å². The molecule has 2 heterocycles. The highest BCUT2D eigenvalue weighted by Gasteiger charge is 2.32. The third-order valence-electron chi connectivity index (χ3n) is 8.04. The molecule has 0 amide bonds. The Morgan fingerprint density at radius 2 is 1.68 bits per heavy atom. The van der Waals surface area contributed by atoms with Gasteiger partial charge in [-0.25, -0.2) is 0 Å². The lowest BCUT2D eigenvalue weighted by Gasteiger charge is -2.36. The van der Waals surface area contributed by atoms with Gasteiger partial charge in [0, 0.05) is 32.7 Å². The largest absolute Gasteiger partial charge is 0.377 e. The minimum absolute atomic E-state index is 0.365. The van der Waals surface area contributed by atoms with E-state index in [9.17, 15) is 0 Å². The molecule has 2 aliphatic carbocycles. The molecule has 8 rings (SSSR count). The SMILES string of the molecule is C1=CC(c2ccc3c(c2)C2=c4ccccc4=CCC2N3)CC2=C1N(c1ccccc1)c1ccccc1S2. The second-order valence-electron chi connectivity index (χ2n) is 10.2. The lowest BCUT2D eigenvalue weighted by Crippen LogP contribution is -2.35. The Bertz CT molecular complexity index is 1750. The lowest BCUT2D eigenvalue weighted by atomic mass is 9.87. The Kier molecular flexibility index (Phi) is 4.74. The van der Waals surface area contributed by atoms with Crippen LogP contribution in [0.2, 0.25) is 0 Å². The smallest absolute Gasteiger partial charge is 0.0601 e. The van der Waals surface area contributed by atoms with Crippen LogP contribution in [0.3, 0.4) is 0 Å². The van der Waals surface area contributed by atoms with Crippen LogP contribution in [0.15, 0.2) is 125 Å². The summed E-state index contributed by atoms with van der Waals surface area (Å²) in [5.41, 5.74) is 9.29. The van der Waals surface area contributed by atoms with Crippen molar-refractivity contribution in [1.29, 1.82) is 0 Å². The maximum Gasteiger partial charge on any atom is 0.0601 e. The zero-order chi connectivity index (χ0) is 24.3. The summed E-state index contributed by atoms with van der Waals surface area (Å²) < 4.78 is 0. The molecule has 0 spiro atoms. The Morgan fingerprint density at radius 3 is 2.62 bits per heavy atom. The molecule has 4 aromatic rings. The first-order chi connectivity index (χ1) is 18.3. The van der Waals surface area contributed by atoms with Gasteiger partial charge in [0.1, 0.15) is 0 Å². The second kappa shape index (κ2) is 8.29. The number of nitrogens with one attached hydrogen (secondary N) is 1. The fraction of sp³-hybridized carbons (Fsp3) is 0.118. The molecule has 1 N–H and O–H groups in total. The summed E-state index contributed by atoms with van der Waals surface area (Å²) >= 11 is 1.94. The Labute approximate surface area is 221 Å². The average molecular weight is 495 g/mol. The van der Waals surface area contributed by atoms with Crippen LogP contribution in [0.5, 0.6) is 0 Å². The summed E-state index contributed by atoms with van der Waals surface area (Å²) in [4.78, 5) is 5.19. The summed E-state index contributed by atoms with van der Waals surface area (Å²) in [6.45, 7) is 0. The molecule has 0 aromatic heterocycles. The first-order valence-electron chi connectivity index (χ1n) is 13.1. The monoisotopic (exact) mass is 494 g/mol. The molecule has 4 aliphatic rings. The van der Waals surface area contributed by atoms with Gasteiger partial charge in [-0.05, 0) is 76.9 Å². The molecule has 2 aliphatic heterocycles. The minimum atomic E-state index is 0.365. The first-order valence-corrected chi connectivity index (χ1v) is 13.9. The van der Waals surface area contributed by atoms with Gasteiger partial charge < -0.3 is 10.2 Å². The van der Waals surface area contributed by atoms with Gasteiger partial charge in [0.25, 0.3) is 0 Å². The highest BCUT2D eigenvalue weighted by atomic mass is 32.2. The molecule has 0 fully saturated rings. The number of para-hydroxylation sites is 2. The van der Waals surface area contributed by atoms with E-state index in [4.69, 9.17) is 0 Å². The number of thioether (sulfide) groups is 1. The maximum atomic E-state index is 3.78. The summed E-state index contributed by atoms with van der Waals surface area (Å²) in [5.74, 6) is 0.365. The molecule has 3 heteroatoms. The van der Waals surface area contributed by atoms with E-state index in [0.29, 0.717) is 12.0 Å². The summed E-state index contributed by atoms with van der Waals surface area (Å²) in [7, 11) is 0. The van der Waals surface area contributed by atoms with Crippen LogP contribution >= 0.6 is 11.8 Å². The van der Waals surface area contributed by atoms with Gasteiger partial charge in [0.15, 0.2) is 0 Å². The van der Waals surface area contributed by atoms with E-state index in [1.54, 1.807) is 0 Å². The predicted octanol–water partition coefficient (Wildman–Crippen LogP) is 7.06. The fourth-order valence-electron chi connectivity index (χ4n) is 6.30. The second-order valence-corrected chi connectivity index (χ2v) is 11.3. The standard InChI is InChI=1S/C34H26N2S/c1-2-9-25(10-3-1)36-30-12-6-7-13-32(30)37-33-21-24(16-19-31(33)36)23-15-17-28-27(20-23)34-26-11-5-4-8-22(26)14-18-29(34)35-28/h1-17,19-20,24,29,35H,18,21H2. The third-order valence-corrected chi connectivity index (χ3v) is 9.22. The Balaban J connectivity index is 1.19. The van der Waals surface area contributed by atoms with Crippen molar-refractivity contribution in [3.63, 3.8) is 0 Å². The fourth-order valence-corrected chi connectivity index (χ4v) is 7.51. The summed E-state index contributed by atoms with van der Waals surface area (Å²) in [6, 6.07) is 35.8. The van der Waals surface area contributed by atoms with Crippen LogP contribution in [-0.4, -0.2) is 6.04 Å². The molecular weight excluding hydrogens is 468 g/mol. The van der Waals surface area contributed by atoms with Crippen LogP contribution in [0.1, 0.15) is 29.9 Å². The normalized spacial score (nSPS) is 20.8. The number of benzene rings is 4. The molecule has 0 radical (unpaired) electrons. The summed E-state index contributed by atoms with van der Waals surface area (Å²) in [6.07, 6.45) is 9.20. The quantitative estimate of drug-likeness (QED) is 0.321. The van der Waals surface area contributed by atoms with Crippen molar-refractivity contribution in [2.24, 2.45) is 0 Å². The molecule has 0 saturated heterocycles. The topological polar surface area (TPSA) is 15.3 Å². The van der Waals surface area contributed by atoms with E-state index in [0.717, 1.165) is 12.8 Å². The van der Waals surface area contributed by atoms with E-state index in [1.165, 1.54) is 59.7 Å². The number of hydrogen-bond acceptors (Lipinski definition) is 3. The van der Waals surface area contributed by atoms with Gasteiger partial charge in [-0.2, -0.15) is 0 Å². The number of hydrogen-bond donors (Lipinski definition) is 1. The molecule has 2 unspecified atom stereocenters. The maximum absolute atomic E-state index is 3.78. The molecule has 2 atom stereocenters. The Morgan fingerprint density at radius 1 is 0.838 bits per heavy atom. The van der Waals surface area contributed by atoms with Crippen LogP contribution in [0.25, 0.3) is 11.6 Å². The molecule has 0 saturated carbocycles. The van der Waals surface area contributed by atoms with Crippen LogP contribution < -0.4 is 20.7 Å². The van der Waals surface area contributed by atoms with Crippen molar-refractivity contribution in [3.05, 3.63) is 141 Å². The zero-order valence-electron chi connectivity index (χ0n) is 20.4. The van der Waals surface area contributed by atoms with Gasteiger partial charge in [-0.3, -0.25) is 0 Å². The number of anilines is 3. The molecular formula is C34H26N2S. The third kappa shape index (κ3) is 3.34. The van der Waals surface area contributed by atoms with Crippen molar-refractivity contribution in [2.75, 3.05) is 10.2 Å². The predicted molar refractivity (Wildman–Crippen MR) is 156 cm³/mol. The Hall–Kier alpha value is -3.95. The van der Waals surface area contributed by atoms with Gasteiger partial charge in [-0.15, -0.1) is 0 Å². The number of allylic oxidation sites excluding steroid dienone is 3. The van der Waals surface area contributed by atoms with E-state index >= 15 is 0 Å². The number of nitrogens with zero attached hydrogens (tertiary/aromatic N) is 1. The van der Waals surface area contributed by atoms with Crippen molar-refractivity contribution >= 4 is 40.5 Å². The van der Waals surface area contributed by atoms with E-state index < -0.39 is 0 Å². The highest BCUT2D eigenvalue weighted by molar-refractivity contribution is 8.03. The van der Waals surface area contributed by atoms with Crippen molar-refractivity contribution in [1.82, 2.24) is 0 Å². The van der Waals surface area contributed by atoms with Crippen molar-refractivity contribution in [3.8, 4) is 0 Å². The van der Waals surface area contributed by atoms with Crippen LogP contribution in [0, 0.1) is 0 Å². The van der Waals surface area contributed by atoms with E-state index in [2.05, 4.69) is 126 Å². The van der Waals surface area contributed by atoms with E-state index in [-0.39, 0.29) is 0 Å². The molecule has 4 aromatic carbocycles. The molecule has 178 valence electrons. The van der Waals surface area contributed by atoms with Gasteiger partial charge in [0.05, 0.1) is 17.4 Å². The number of rotatable bonds is 2. The van der Waals surface area contributed by atoms with Crippen LogP contribution in [-0.2, 0) is 0 Å². The lowest BCUT2D eigenvalue weighted by molar-refractivity contribution is 0.826. The summed E-state index contributed by atoms with van der Waals surface area (Å²) in [5, 5.41) is 6.52.